The Bertz CT molecular complexity index is 1620. The standard InChI is InChI=1S/C31H30ClIN4O6S/c1-4-41-30(39)27-18(2)35-31(44)36-28(27)22-10-6-8-12-24(22)42-17-26(38)37-34-15-20-13-21(33)14-25(40-3)29(20)43-16-19-9-5-7-11-23(19)32/h5-15,28H,4,16-17H2,1-3H3,(H,37,38)(H2,35,36,44)/t28-/m0/s1. The number of halogens is 2. The van der Waals surface area contributed by atoms with E-state index in [0.717, 1.165) is 9.13 Å². The SMILES string of the molecule is CCOC(=O)C1=C(C)NC(=S)N[C@H]1c1ccccc1OCC(=O)NN=Cc1cc(I)cc(OC)c1OCc1ccccc1Cl. The van der Waals surface area contributed by atoms with Crippen molar-refractivity contribution < 1.29 is 28.5 Å². The van der Waals surface area contributed by atoms with E-state index in [1.165, 1.54) is 6.21 Å². The van der Waals surface area contributed by atoms with Gasteiger partial charge in [-0.05, 0) is 72.9 Å². The Morgan fingerprint density at radius 2 is 1.86 bits per heavy atom. The normalized spacial score (nSPS) is 14.5. The van der Waals surface area contributed by atoms with Gasteiger partial charge in [0.05, 0.1) is 31.5 Å². The predicted octanol–water partition coefficient (Wildman–Crippen LogP) is 5.42. The Balaban J connectivity index is 1.46. The Kier molecular flexibility index (Phi) is 11.8. The van der Waals surface area contributed by atoms with Crippen molar-refractivity contribution in [2.75, 3.05) is 20.3 Å². The third kappa shape index (κ3) is 8.39. The molecule has 4 rings (SSSR count). The summed E-state index contributed by atoms with van der Waals surface area (Å²) in [5.41, 5.74) is 5.43. The van der Waals surface area contributed by atoms with E-state index in [4.69, 9.17) is 42.8 Å². The van der Waals surface area contributed by atoms with Crippen LogP contribution in [0.5, 0.6) is 17.2 Å². The first-order valence-electron chi connectivity index (χ1n) is 13.4. The molecule has 1 aliphatic rings. The first-order chi connectivity index (χ1) is 21.2. The number of hydrogen-bond donors (Lipinski definition) is 3. The Labute approximate surface area is 279 Å². The molecule has 0 aromatic heterocycles. The number of nitrogens with one attached hydrogen (secondary N) is 3. The second-order valence-corrected chi connectivity index (χ2v) is 11.4. The molecular formula is C31H30ClIN4O6S. The largest absolute Gasteiger partial charge is 0.493 e. The van der Waals surface area contributed by atoms with Crippen LogP contribution in [-0.2, 0) is 20.9 Å². The summed E-state index contributed by atoms with van der Waals surface area (Å²) in [5.74, 6) is 0.361. The highest BCUT2D eigenvalue weighted by molar-refractivity contribution is 14.1. The van der Waals surface area contributed by atoms with Gasteiger partial charge in [-0.3, -0.25) is 4.79 Å². The van der Waals surface area contributed by atoms with E-state index in [1.807, 2.05) is 30.3 Å². The van der Waals surface area contributed by atoms with Gasteiger partial charge in [-0.1, -0.05) is 48.0 Å². The zero-order valence-corrected chi connectivity index (χ0v) is 27.8. The number of para-hydroxylation sites is 1. The van der Waals surface area contributed by atoms with Gasteiger partial charge in [0.25, 0.3) is 5.91 Å². The van der Waals surface area contributed by atoms with Crippen LogP contribution in [0.4, 0.5) is 0 Å². The van der Waals surface area contributed by atoms with E-state index in [2.05, 4.69) is 43.8 Å². The molecule has 0 fully saturated rings. The zero-order valence-electron chi connectivity index (χ0n) is 24.1. The van der Waals surface area contributed by atoms with E-state index in [0.29, 0.717) is 49.8 Å². The first-order valence-corrected chi connectivity index (χ1v) is 15.3. The molecule has 0 unspecified atom stereocenters. The van der Waals surface area contributed by atoms with Crippen LogP contribution >= 0.6 is 46.4 Å². The highest BCUT2D eigenvalue weighted by Gasteiger charge is 2.32. The molecule has 0 bridgehead atoms. The van der Waals surface area contributed by atoms with E-state index >= 15 is 0 Å². The molecule has 3 aromatic carbocycles. The van der Waals surface area contributed by atoms with Gasteiger partial charge in [-0.15, -0.1) is 0 Å². The number of amides is 1. The van der Waals surface area contributed by atoms with Crippen molar-refractivity contribution in [1.29, 1.82) is 0 Å². The van der Waals surface area contributed by atoms with Crippen LogP contribution < -0.4 is 30.3 Å². The highest BCUT2D eigenvalue weighted by Crippen LogP contribution is 2.35. The van der Waals surface area contributed by atoms with Gasteiger partial charge in [0, 0.05) is 31.0 Å². The summed E-state index contributed by atoms with van der Waals surface area (Å²) in [4.78, 5) is 25.5. The molecule has 1 atom stereocenters. The smallest absolute Gasteiger partial charge is 0.338 e. The second-order valence-electron chi connectivity index (χ2n) is 9.32. The molecule has 13 heteroatoms. The van der Waals surface area contributed by atoms with Crippen molar-refractivity contribution >= 4 is 69.6 Å². The molecule has 1 aliphatic heterocycles. The molecule has 1 amide bonds. The minimum atomic E-state index is -0.639. The number of carbonyl (C=O) groups is 2. The average Bonchev–Trinajstić information content (AvgIpc) is 2.99. The van der Waals surface area contributed by atoms with Crippen LogP contribution in [0.1, 0.15) is 36.6 Å². The number of thiocarbonyl (C=S) groups is 1. The molecule has 10 nitrogen and oxygen atoms in total. The van der Waals surface area contributed by atoms with Crippen molar-refractivity contribution in [1.82, 2.24) is 16.1 Å². The lowest BCUT2D eigenvalue weighted by Gasteiger charge is -2.30. The van der Waals surface area contributed by atoms with Crippen molar-refractivity contribution in [2.24, 2.45) is 5.10 Å². The van der Waals surface area contributed by atoms with Gasteiger partial charge in [-0.2, -0.15) is 5.10 Å². The molecule has 0 radical (unpaired) electrons. The lowest BCUT2D eigenvalue weighted by atomic mass is 9.95. The zero-order chi connectivity index (χ0) is 31.6. The summed E-state index contributed by atoms with van der Waals surface area (Å²) in [5, 5.41) is 11.1. The van der Waals surface area contributed by atoms with Crippen LogP contribution in [0.2, 0.25) is 5.02 Å². The fraction of sp³-hybridized carbons (Fsp3) is 0.226. The van der Waals surface area contributed by atoms with Crippen LogP contribution in [0.15, 0.2) is 77.0 Å². The second kappa shape index (κ2) is 15.7. The maximum absolute atomic E-state index is 12.8. The average molecular weight is 749 g/mol. The predicted molar refractivity (Wildman–Crippen MR) is 180 cm³/mol. The van der Waals surface area contributed by atoms with Crippen molar-refractivity contribution in [3.05, 3.63) is 97.2 Å². The number of hydrogen-bond acceptors (Lipinski definition) is 8. The van der Waals surface area contributed by atoms with Gasteiger partial charge in [0.15, 0.2) is 23.2 Å². The van der Waals surface area contributed by atoms with Crippen LogP contribution in [0.3, 0.4) is 0 Å². The van der Waals surface area contributed by atoms with Crippen molar-refractivity contribution in [3.8, 4) is 17.2 Å². The third-order valence-electron chi connectivity index (χ3n) is 6.34. The minimum Gasteiger partial charge on any atom is -0.493 e. The summed E-state index contributed by atoms with van der Waals surface area (Å²) in [6.45, 7) is 3.57. The molecule has 3 aromatic rings. The summed E-state index contributed by atoms with van der Waals surface area (Å²) in [6.07, 6.45) is 1.47. The molecule has 3 N–H and O–H groups in total. The number of rotatable bonds is 12. The summed E-state index contributed by atoms with van der Waals surface area (Å²) in [6, 6.07) is 17.5. The Morgan fingerprint density at radius 3 is 2.61 bits per heavy atom. The molecule has 1 heterocycles. The maximum atomic E-state index is 12.8. The van der Waals surface area contributed by atoms with Gasteiger partial charge >= 0.3 is 5.97 Å². The Morgan fingerprint density at radius 1 is 1.11 bits per heavy atom. The summed E-state index contributed by atoms with van der Waals surface area (Å²) in [7, 11) is 1.55. The summed E-state index contributed by atoms with van der Waals surface area (Å²) < 4.78 is 23.6. The molecule has 0 spiro atoms. The van der Waals surface area contributed by atoms with Crippen molar-refractivity contribution in [2.45, 2.75) is 26.5 Å². The number of ether oxygens (including phenoxy) is 4. The lowest BCUT2D eigenvalue weighted by molar-refractivity contribution is -0.139. The molecule has 0 saturated heterocycles. The van der Waals surface area contributed by atoms with Gasteiger partial charge in [0.2, 0.25) is 0 Å². The van der Waals surface area contributed by atoms with Gasteiger partial charge < -0.3 is 29.6 Å². The van der Waals surface area contributed by atoms with E-state index < -0.39 is 17.9 Å². The third-order valence-corrected chi connectivity index (χ3v) is 7.56. The lowest BCUT2D eigenvalue weighted by Crippen LogP contribution is -2.45. The summed E-state index contributed by atoms with van der Waals surface area (Å²) >= 11 is 13.8. The maximum Gasteiger partial charge on any atom is 0.338 e. The number of carbonyl (C=O) groups excluding carboxylic acids is 2. The molecule has 0 saturated carbocycles. The highest BCUT2D eigenvalue weighted by atomic mass is 127. The molecule has 0 aliphatic carbocycles. The van der Waals surface area contributed by atoms with Crippen LogP contribution in [0.25, 0.3) is 0 Å². The fourth-order valence-corrected chi connectivity index (χ4v) is 5.44. The van der Waals surface area contributed by atoms with E-state index in [9.17, 15) is 9.59 Å². The topological polar surface area (TPSA) is 120 Å². The number of esters is 1. The monoisotopic (exact) mass is 748 g/mol. The number of allylic oxidation sites excluding steroid dienone is 1. The fourth-order valence-electron chi connectivity index (χ4n) is 4.36. The first kappa shape index (κ1) is 33.0. The number of nitrogens with zero attached hydrogens (tertiary/aromatic N) is 1. The van der Waals surface area contributed by atoms with Crippen LogP contribution in [0, 0.1) is 3.57 Å². The van der Waals surface area contributed by atoms with E-state index in [1.54, 1.807) is 51.3 Å². The minimum absolute atomic E-state index is 0.209. The van der Waals surface area contributed by atoms with Gasteiger partial charge in [-0.25, -0.2) is 10.2 Å². The molecule has 44 heavy (non-hydrogen) atoms. The Hall–Kier alpha value is -3.88. The van der Waals surface area contributed by atoms with E-state index in [-0.39, 0.29) is 19.8 Å². The number of methoxy groups -OCH3 is 1. The number of benzene rings is 3. The van der Waals surface area contributed by atoms with Gasteiger partial charge in [0.1, 0.15) is 12.4 Å². The molecule has 230 valence electrons. The van der Waals surface area contributed by atoms with Crippen LogP contribution in [-0.4, -0.2) is 43.5 Å². The molecular weight excluding hydrogens is 719 g/mol. The quantitative estimate of drug-likeness (QED) is 0.0734. The number of hydrazone groups is 1. The van der Waals surface area contributed by atoms with Crippen molar-refractivity contribution in [3.63, 3.8) is 0 Å².